The molecule has 1 fully saturated rings. The number of thioether (sulfide) groups is 1. The van der Waals surface area contributed by atoms with Crippen LogP contribution in [0.1, 0.15) is 33.6 Å². The third kappa shape index (κ3) is 5.34. The van der Waals surface area contributed by atoms with Crippen LogP contribution in [0.15, 0.2) is 9.95 Å². The van der Waals surface area contributed by atoms with Crippen molar-refractivity contribution in [2.45, 2.75) is 51.4 Å². The zero-order valence-corrected chi connectivity index (χ0v) is 16.5. The van der Waals surface area contributed by atoms with Crippen LogP contribution in [0, 0.1) is 5.92 Å². The van der Waals surface area contributed by atoms with Gasteiger partial charge in [0.2, 0.25) is 5.91 Å². The number of nitrogens with one attached hydrogen (secondary N) is 1. The predicted octanol–water partition coefficient (Wildman–Crippen LogP) is 0.745. The number of hydrogen-bond donors (Lipinski definition) is 1. The lowest BCUT2D eigenvalue weighted by atomic mass is 10.1. The highest BCUT2D eigenvalue weighted by molar-refractivity contribution is 7.99. The molecule has 1 aliphatic rings. The summed E-state index contributed by atoms with van der Waals surface area (Å²) < 4.78 is 25.0. The van der Waals surface area contributed by atoms with E-state index < -0.39 is 9.84 Å². The summed E-state index contributed by atoms with van der Waals surface area (Å²) in [5.74, 6) is 0.457. The Balaban J connectivity index is 2.06. The molecule has 0 saturated carbocycles. The van der Waals surface area contributed by atoms with Gasteiger partial charge in [0, 0.05) is 19.1 Å². The molecular formula is C15H26N4O4S2. The van der Waals surface area contributed by atoms with Gasteiger partial charge in [-0.15, -0.1) is 5.10 Å². The van der Waals surface area contributed by atoms with Gasteiger partial charge in [0.25, 0.3) is 0 Å². The first-order valence-electron chi connectivity index (χ1n) is 8.51. The van der Waals surface area contributed by atoms with Gasteiger partial charge in [0.1, 0.15) is 0 Å². The van der Waals surface area contributed by atoms with E-state index in [-0.39, 0.29) is 40.8 Å². The van der Waals surface area contributed by atoms with E-state index in [0.717, 1.165) is 6.42 Å². The molecular weight excluding hydrogens is 364 g/mol. The predicted molar refractivity (Wildman–Crippen MR) is 97.5 cm³/mol. The molecule has 0 unspecified atom stereocenters. The Morgan fingerprint density at radius 1 is 1.48 bits per heavy atom. The fraction of sp³-hybridized carbons (Fsp3) is 0.800. The Hall–Kier alpha value is -1.29. The molecule has 0 radical (unpaired) electrons. The van der Waals surface area contributed by atoms with Crippen molar-refractivity contribution in [3.8, 4) is 0 Å². The van der Waals surface area contributed by atoms with Gasteiger partial charge in [-0.05, 0) is 18.8 Å². The van der Waals surface area contributed by atoms with Crippen LogP contribution >= 0.6 is 11.8 Å². The summed E-state index contributed by atoms with van der Waals surface area (Å²) in [6.45, 7) is 7.04. The highest BCUT2D eigenvalue weighted by atomic mass is 32.2. The maximum atomic E-state index is 12.7. The smallest absolute Gasteiger partial charge is 0.338 e. The van der Waals surface area contributed by atoms with Crippen molar-refractivity contribution >= 4 is 27.5 Å². The lowest BCUT2D eigenvalue weighted by Crippen LogP contribution is -2.44. The lowest BCUT2D eigenvalue weighted by Gasteiger charge is -2.29. The summed E-state index contributed by atoms with van der Waals surface area (Å²) in [5, 5.41) is 6.86. The van der Waals surface area contributed by atoms with Gasteiger partial charge in [-0.2, -0.15) is 0 Å². The molecule has 2 heterocycles. The normalized spacial score (nSPS) is 19.4. The van der Waals surface area contributed by atoms with Gasteiger partial charge in [-0.25, -0.2) is 18.3 Å². The largest absolute Gasteiger partial charge is 0.343 e. The van der Waals surface area contributed by atoms with E-state index in [1.807, 2.05) is 20.8 Å². The number of rotatable bonds is 8. The van der Waals surface area contributed by atoms with Crippen molar-refractivity contribution in [3.05, 3.63) is 10.5 Å². The first-order valence-corrected chi connectivity index (χ1v) is 11.3. The lowest BCUT2D eigenvalue weighted by molar-refractivity contribution is -0.130. The average molecular weight is 391 g/mol. The Kier molecular flexibility index (Phi) is 6.72. The number of amides is 1. The van der Waals surface area contributed by atoms with Crippen LogP contribution in [-0.2, 0) is 21.2 Å². The minimum atomic E-state index is -3.05. The third-order valence-corrected chi connectivity index (χ3v) is 6.74. The average Bonchev–Trinajstić information content (AvgIpc) is 3.06. The van der Waals surface area contributed by atoms with Crippen LogP contribution in [0.3, 0.4) is 0 Å². The molecule has 1 aliphatic heterocycles. The minimum Gasteiger partial charge on any atom is -0.338 e. The maximum absolute atomic E-state index is 12.7. The van der Waals surface area contributed by atoms with Gasteiger partial charge in [0.05, 0.1) is 17.3 Å². The van der Waals surface area contributed by atoms with E-state index in [9.17, 15) is 18.0 Å². The molecule has 1 aromatic rings. The molecule has 1 aromatic heterocycles. The molecule has 1 amide bonds. The topological polar surface area (TPSA) is 105 Å². The highest BCUT2D eigenvalue weighted by Gasteiger charge is 2.34. The number of H-pyrrole nitrogens is 1. The van der Waals surface area contributed by atoms with Gasteiger partial charge < -0.3 is 4.90 Å². The highest BCUT2D eigenvalue weighted by Crippen LogP contribution is 2.21. The quantitative estimate of drug-likeness (QED) is 0.657. The fourth-order valence-corrected chi connectivity index (χ4v) is 5.50. The Morgan fingerprint density at radius 2 is 2.20 bits per heavy atom. The van der Waals surface area contributed by atoms with Crippen molar-refractivity contribution in [1.29, 1.82) is 0 Å². The summed E-state index contributed by atoms with van der Waals surface area (Å²) in [7, 11) is -3.05. The van der Waals surface area contributed by atoms with E-state index >= 15 is 0 Å². The molecule has 0 aromatic carbocycles. The van der Waals surface area contributed by atoms with E-state index in [4.69, 9.17) is 0 Å². The Bertz CT molecular complexity index is 754. The molecule has 8 nitrogen and oxygen atoms in total. The molecule has 142 valence electrons. The van der Waals surface area contributed by atoms with Gasteiger partial charge in [-0.3, -0.25) is 9.36 Å². The summed E-state index contributed by atoms with van der Waals surface area (Å²) in [6.07, 6.45) is 1.29. The first kappa shape index (κ1) is 20.0. The Morgan fingerprint density at radius 3 is 2.76 bits per heavy atom. The number of hydrogen-bond acceptors (Lipinski definition) is 6. The number of aromatic amines is 1. The van der Waals surface area contributed by atoms with Crippen LogP contribution in [0.25, 0.3) is 0 Å². The molecule has 0 spiro atoms. The maximum Gasteiger partial charge on any atom is 0.343 e. The SMILES string of the molecule is CCCn1c(SCC(=O)N(CC(C)C)[C@@H]2CCS(=O)(=O)C2)n[nH]c1=O. The van der Waals surface area contributed by atoms with Crippen molar-refractivity contribution < 1.29 is 13.2 Å². The zero-order valence-electron chi connectivity index (χ0n) is 14.9. The zero-order chi connectivity index (χ0) is 18.6. The van der Waals surface area contributed by atoms with E-state index in [2.05, 4.69) is 10.2 Å². The van der Waals surface area contributed by atoms with Crippen LogP contribution in [0.4, 0.5) is 0 Å². The monoisotopic (exact) mass is 390 g/mol. The van der Waals surface area contributed by atoms with Crippen molar-refractivity contribution in [2.24, 2.45) is 5.92 Å². The molecule has 1 atom stereocenters. The molecule has 1 saturated heterocycles. The number of carbonyl (C=O) groups excluding carboxylic acids is 1. The first-order chi connectivity index (χ1) is 11.7. The second kappa shape index (κ2) is 8.39. The van der Waals surface area contributed by atoms with Crippen LogP contribution in [-0.4, -0.2) is 63.8 Å². The standard InChI is InChI=1S/C15H26N4O4S2/c1-4-6-18-14(21)16-17-15(18)24-9-13(20)19(8-11(2)3)12-5-7-25(22,23)10-12/h11-12H,4-10H2,1-3H3,(H,16,21)/t12-/m1/s1. The Labute approximate surface area is 152 Å². The molecule has 10 heteroatoms. The van der Waals surface area contributed by atoms with Gasteiger partial charge >= 0.3 is 5.69 Å². The van der Waals surface area contributed by atoms with Crippen molar-refractivity contribution in [3.63, 3.8) is 0 Å². The molecule has 25 heavy (non-hydrogen) atoms. The summed E-state index contributed by atoms with van der Waals surface area (Å²) in [6, 6.07) is -0.252. The number of carbonyl (C=O) groups is 1. The minimum absolute atomic E-state index is 0.0407. The molecule has 2 rings (SSSR count). The van der Waals surface area contributed by atoms with E-state index in [1.165, 1.54) is 16.3 Å². The van der Waals surface area contributed by atoms with Gasteiger partial charge in [-0.1, -0.05) is 32.5 Å². The number of sulfone groups is 1. The van der Waals surface area contributed by atoms with Crippen LogP contribution < -0.4 is 5.69 Å². The second-order valence-electron chi connectivity index (χ2n) is 6.75. The molecule has 0 bridgehead atoms. The number of nitrogens with zero attached hydrogens (tertiary/aromatic N) is 3. The van der Waals surface area contributed by atoms with Crippen molar-refractivity contribution in [1.82, 2.24) is 19.7 Å². The summed E-state index contributed by atoms with van der Waals surface area (Å²) in [4.78, 5) is 26.1. The molecule has 1 N–H and O–H groups in total. The van der Waals surface area contributed by atoms with Gasteiger partial charge in [0.15, 0.2) is 15.0 Å². The third-order valence-electron chi connectivity index (χ3n) is 4.03. The van der Waals surface area contributed by atoms with Crippen LogP contribution in [0.5, 0.6) is 0 Å². The van der Waals surface area contributed by atoms with E-state index in [1.54, 1.807) is 4.90 Å². The summed E-state index contributed by atoms with van der Waals surface area (Å²) in [5.41, 5.74) is -0.280. The van der Waals surface area contributed by atoms with Crippen LogP contribution in [0.2, 0.25) is 0 Å². The summed E-state index contributed by atoms with van der Waals surface area (Å²) >= 11 is 1.21. The van der Waals surface area contributed by atoms with Crippen molar-refractivity contribution in [2.75, 3.05) is 23.8 Å². The number of aromatic nitrogens is 3. The van der Waals surface area contributed by atoms with E-state index in [0.29, 0.717) is 24.7 Å². The second-order valence-corrected chi connectivity index (χ2v) is 9.92. The fourth-order valence-electron chi connectivity index (χ4n) is 2.91. The molecule has 0 aliphatic carbocycles.